The zero-order valence-electron chi connectivity index (χ0n) is 16.2. The molecule has 3 amide bonds. The number of carbonyl (C=O) groups is 2. The Labute approximate surface area is 181 Å². The smallest absolute Gasteiger partial charge is 0.318 e. The number of hydrogen-bond acceptors (Lipinski definition) is 4. The molecular formula is C21H18ClN5O2S. The fourth-order valence-electron chi connectivity index (χ4n) is 2.97. The first-order valence-corrected chi connectivity index (χ1v) is 10.3. The van der Waals surface area contributed by atoms with E-state index in [1.54, 1.807) is 36.0 Å². The summed E-state index contributed by atoms with van der Waals surface area (Å²) in [6.45, 7) is 1.91. The van der Waals surface area contributed by atoms with E-state index >= 15 is 0 Å². The lowest BCUT2D eigenvalue weighted by molar-refractivity contribution is 0.103. The van der Waals surface area contributed by atoms with Crippen molar-refractivity contribution in [2.24, 2.45) is 0 Å². The van der Waals surface area contributed by atoms with Crippen molar-refractivity contribution in [1.82, 2.24) is 15.1 Å². The van der Waals surface area contributed by atoms with Gasteiger partial charge in [-0.25, -0.2) is 9.48 Å². The van der Waals surface area contributed by atoms with Crippen molar-refractivity contribution in [2.75, 3.05) is 17.7 Å². The highest BCUT2D eigenvalue weighted by Crippen LogP contribution is 2.32. The number of amides is 3. The molecule has 152 valence electrons. The van der Waals surface area contributed by atoms with Crippen LogP contribution in [0.3, 0.4) is 0 Å². The van der Waals surface area contributed by atoms with E-state index in [1.165, 1.54) is 11.3 Å². The van der Waals surface area contributed by atoms with Gasteiger partial charge in [-0.2, -0.15) is 5.10 Å². The molecule has 0 aliphatic heterocycles. The summed E-state index contributed by atoms with van der Waals surface area (Å²) in [5.74, 6) is -0.215. The monoisotopic (exact) mass is 439 g/mol. The van der Waals surface area contributed by atoms with E-state index in [0.29, 0.717) is 21.3 Å². The van der Waals surface area contributed by atoms with Crippen LogP contribution in [0.2, 0.25) is 5.02 Å². The molecule has 4 rings (SSSR count). The number of hydrogen-bond donors (Lipinski definition) is 3. The zero-order chi connectivity index (χ0) is 21.3. The SMILES string of the molecule is CNC(=O)Nc1ccc(NC(=O)c2cc3c(C)nn(-c4ccccc4Cl)c3s2)cc1. The molecule has 0 aliphatic rings. The molecule has 2 aromatic carbocycles. The molecule has 30 heavy (non-hydrogen) atoms. The minimum Gasteiger partial charge on any atom is -0.341 e. The largest absolute Gasteiger partial charge is 0.341 e. The molecule has 2 aromatic heterocycles. The van der Waals surface area contributed by atoms with Gasteiger partial charge in [-0.3, -0.25) is 4.79 Å². The van der Waals surface area contributed by atoms with Gasteiger partial charge in [0, 0.05) is 23.8 Å². The molecule has 0 radical (unpaired) electrons. The highest BCUT2D eigenvalue weighted by molar-refractivity contribution is 7.20. The third-order valence-electron chi connectivity index (χ3n) is 4.48. The molecule has 0 spiro atoms. The summed E-state index contributed by atoms with van der Waals surface area (Å²) in [5.41, 5.74) is 2.85. The highest BCUT2D eigenvalue weighted by Gasteiger charge is 2.18. The van der Waals surface area contributed by atoms with Gasteiger partial charge in [0.15, 0.2) is 0 Å². The minimum atomic E-state index is -0.306. The molecule has 7 nitrogen and oxygen atoms in total. The van der Waals surface area contributed by atoms with E-state index in [4.69, 9.17) is 11.6 Å². The summed E-state index contributed by atoms with van der Waals surface area (Å²) in [4.78, 5) is 25.6. The molecular weight excluding hydrogens is 422 g/mol. The Morgan fingerprint density at radius 1 is 1.03 bits per heavy atom. The Hall–Kier alpha value is -3.36. The van der Waals surface area contributed by atoms with Gasteiger partial charge < -0.3 is 16.0 Å². The van der Waals surface area contributed by atoms with E-state index in [0.717, 1.165) is 21.6 Å². The van der Waals surface area contributed by atoms with Gasteiger partial charge in [-0.15, -0.1) is 11.3 Å². The summed E-state index contributed by atoms with van der Waals surface area (Å²) in [6, 6.07) is 15.9. The molecule has 0 atom stereocenters. The van der Waals surface area contributed by atoms with Crippen LogP contribution in [0.4, 0.5) is 16.2 Å². The van der Waals surface area contributed by atoms with Crippen LogP contribution in [0.1, 0.15) is 15.4 Å². The number of rotatable bonds is 4. The summed E-state index contributed by atoms with van der Waals surface area (Å²) >= 11 is 7.69. The number of halogens is 1. The Morgan fingerprint density at radius 3 is 2.37 bits per heavy atom. The van der Waals surface area contributed by atoms with E-state index in [9.17, 15) is 9.59 Å². The van der Waals surface area contributed by atoms with Crippen LogP contribution in [0, 0.1) is 6.92 Å². The number of carbonyl (C=O) groups excluding carboxylic acids is 2. The van der Waals surface area contributed by atoms with Gasteiger partial charge in [-0.1, -0.05) is 23.7 Å². The molecule has 0 unspecified atom stereocenters. The van der Waals surface area contributed by atoms with Crippen molar-refractivity contribution in [3.05, 3.63) is 70.2 Å². The average molecular weight is 440 g/mol. The number of aryl methyl sites for hydroxylation is 1. The number of nitrogens with one attached hydrogen (secondary N) is 3. The summed E-state index contributed by atoms with van der Waals surface area (Å²) in [6.07, 6.45) is 0. The number of benzene rings is 2. The zero-order valence-corrected chi connectivity index (χ0v) is 17.8. The molecule has 0 saturated heterocycles. The fourth-order valence-corrected chi connectivity index (χ4v) is 4.26. The Balaban J connectivity index is 1.58. The molecule has 2 heterocycles. The van der Waals surface area contributed by atoms with Crippen molar-refractivity contribution in [3.63, 3.8) is 0 Å². The van der Waals surface area contributed by atoms with E-state index < -0.39 is 0 Å². The minimum absolute atomic E-state index is 0.215. The lowest BCUT2D eigenvalue weighted by atomic mass is 10.2. The van der Waals surface area contributed by atoms with Crippen LogP contribution in [0.15, 0.2) is 54.6 Å². The number of fused-ring (bicyclic) bond motifs is 1. The second kappa shape index (κ2) is 8.17. The first-order valence-electron chi connectivity index (χ1n) is 9.10. The molecule has 0 saturated carbocycles. The maximum absolute atomic E-state index is 12.8. The molecule has 4 aromatic rings. The maximum Gasteiger partial charge on any atom is 0.318 e. The molecule has 3 N–H and O–H groups in total. The highest BCUT2D eigenvalue weighted by atomic mass is 35.5. The van der Waals surface area contributed by atoms with E-state index in [2.05, 4.69) is 21.0 Å². The van der Waals surface area contributed by atoms with Crippen LogP contribution in [0.25, 0.3) is 15.9 Å². The van der Waals surface area contributed by atoms with Crippen molar-refractivity contribution in [3.8, 4) is 5.69 Å². The first-order chi connectivity index (χ1) is 14.5. The van der Waals surface area contributed by atoms with Gasteiger partial charge in [0.25, 0.3) is 5.91 Å². The maximum atomic E-state index is 12.8. The third kappa shape index (κ3) is 3.87. The van der Waals surface area contributed by atoms with Crippen molar-refractivity contribution < 1.29 is 9.59 Å². The van der Waals surface area contributed by atoms with Crippen LogP contribution in [-0.4, -0.2) is 28.8 Å². The predicted octanol–water partition coefficient (Wildman–Crippen LogP) is 5.05. The number of nitrogens with zero attached hydrogens (tertiary/aromatic N) is 2. The van der Waals surface area contributed by atoms with Crippen LogP contribution >= 0.6 is 22.9 Å². The van der Waals surface area contributed by atoms with E-state index in [-0.39, 0.29) is 11.9 Å². The molecule has 0 fully saturated rings. The number of urea groups is 1. The fraction of sp³-hybridized carbons (Fsp3) is 0.0952. The molecule has 0 aliphatic carbocycles. The molecule has 9 heteroatoms. The Morgan fingerprint density at radius 2 is 1.70 bits per heavy atom. The summed E-state index contributed by atoms with van der Waals surface area (Å²) in [5, 5.41) is 14.1. The van der Waals surface area contributed by atoms with Crippen LogP contribution < -0.4 is 16.0 Å². The lowest BCUT2D eigenvalue weighted by Gasteiger charge is -2.07. The lowest BCUT2D eigenvalue weighted by Crippen LogP contribution is -2.24. The first kappa shape index (κ1) is 19.9. The number of anilines is 2. The number of aromatic nitrogens is 2. The van der Waals surface area contributed by atoms with Gasteiger partial charge in [0.05, 0.1) is 21.3 Å². The Kier molecular flexibility index (Phi) is 5.43. The topological polar surface area (TPSA) is 88.1 Å². The van der Waals surface area contributed by atoms with Crippen molar-refractivity contribution in [1.29, 1.82) is 0 Å². The average Bonchev–Trinajstić information content (AvgIpc) is 3.31. The third-order valence-corrected chi connectivity index (χ3v) is 5.91. The quantitative estimate of drug-likeness (QED) is 0.415. The van der Waals surface area contributed by atoms with Crippen molar-refractivity contribution >= 4 is 56.5 Å². The summed E-state index contributed by atoms with van der Waals surface area (Å²) < 4.78 is 1.77. The predicted molar refractivity (Wildman–Crippen MR) is 121 cm³/mol. The summed E-state index contributed by atoms with van der Waals surface area (Å²) in [7, 11) is 1.54. The Bertz CT molecular complexity index is 1250. The second-order valence-corrected chi connectivity index (χ2v) is 7.95. The normalized spacial score (nSPS) is 10.8. The van der Waals surface area contributed by atoms with Gasteiger partial charge in [-0.05, 0) is 49.4 Å². The van der Waals surface area contributed by atoms with Crippen LogP contribution in [-0.2, 0) is 0 Å². The number of thiophene rings is 1. The number of para-hydroxylation sites is 1. The second-order valence-electron chi connectivity index (χ2n) is 6.51. The van der Waals surface area contributed by atoms with Gasteiger partial charge in [0.1, 0.15) is 4.83 Å². The standard InChI is InChI=1S/C21H18ClN5O2S/c1-12-15-11-18(30-20(15)27(26-12)17-6-4-3-5-16(17)22)19(28)24-13-7-9-14(10-8-13)25-21(29)23-2/h3-11H,1-2H3,(H,24,28)(H2,23,25,29). The molecule has 0 bridgehead atoms. The van der Waals surface area contributed by atoms with Gasteiger partial charge in [0.2, 0.25) is 0 Å². The van der Waals surface area contributed by atoms with Gasteiger partial charge >= 0.3 is 6.03 Å². The van der Waals surface area contributed by atoms with Crippen LogP contribution in [0.5, 0.6) is 0 Å². The van der Waals surface area contributed by atoms with Crippen molar-refractivity contribution in [2.45, 2.75) is 6.92 Å². The van der Waals surface area contributed by atoms with E-state index in [1.807, 2.05) is 37.3 Å².